The third kappa shape index (κ3) is 4.20. The Morgan fingerprint density at radius 2 is 2.11 bits per heavy atom. The fourth-order valence-electron chi connectivity index (χ4n) is 4.29. The number of ether oxygens (including phenoxy) is 2. The smallest absolute Gasteiger partial charge is 0.274 e. The molecule has 0 unspecified atom stereocenters. The van der Waals surface area contributed by atoms with Crippen molar-refractivity contribution in [2.75, 3.05) is 26.3 Å². The summed E-state index contributed by atoms with van der Waals surface area (Å²) in [6.07, 6.45) is 10.2. The number of hydrogen-bond donors (Lipinski definition) is 0. The zero-order valence-electron chi connectivity index (χ0n) is 16.0. The van der Waals surface area contributed by atoms with E-state index in [1.54, 1.807) is 18.6 Å². The summed E-state index contributed by atoms with van der Waals surface area (Å²) in [6, 6.07) is 5.86. The molecule has 7 heteroatoms. The molecule has 0 aromatic carbocycles. The van der Waals surface area contributed by atoms with Crippen LogP contribution in [0.15, 0.2) is 43.0 Å². The molecule has 7 nitrogen and oxygen atoms in total. The topological polar surface area (TPSA) is 77.4 Å². The third-order valence-corrected chi connectivity index (χ3v) is 5.87. The van der Waals surface area contributed by atoms with Crippen LogP contribution < -0.4 is 0 Å². The third-order valence-electron chi connectivity index (χ3n) is 5.87. The van der Waals surface area contributed by atoms with Crippen LogP contribution in [-0.2, 0) is 16.1 Å². The number of hydrogen-bond acceptors (Lipinski definition) is 6. The first-order valence-corrected chi connectivity index (χ1v) is 9.94. The van der Waals surface area contributed by atoms with E-state index < -0.39 is 0 Å². The Hall–Kier alpha value is -2.38. The van der Waals surface area contributed by atoms with Gasteiger partial charge in [-0.3, -0.25) is 14.8 Å². The van der Waals surface area contributed by atoms with E-state index in [1.165, 1.54) is 6.20 Å². The molecule has 0 radical (unpaired) electrons. The van der Waals surface area contributed by atoms with E-state index in [0.717, 1.165) is 38.0 Å². The number of carbonyl (C=O) groups excluding carboxylic acids is 1. The Morgan fingerprint density at radius 3 is 2.86 bits per heavy atom. The largest absolute Gasteiger partial charge is 0.375 e. The van der Waals surface area contributed by atoms with Gasteiger partial charge in [-0.15, -0.1) is 0 Å². The van der Waals surface area contributed by atoms with Crippen LogP contribution in [0.5, 0.6) is 0 Å². The van der Waals surface area contributed by atoms with Crippen molar-refractivity contribution in [1.29, 1.82) is 0 Å². The first kappa shape index (κ1) is 19.0. The van der Waals surface area contributed by atoms with E-state index in [9.17, 15) is 4.79 Å². The minimum atomic E-state index is -0.118. The van der Waals surface area contributed by atoms with Gasteiger partial charge >= 0.3 is 0 Å². The molecule has 1 amide bonds. The molecule has 2 aromatic rings. The van der Waals surface area contributed by atoms with Crippen molar-refractivity contribution in [3.63, 3.8) is 0 Å². The van der Waals surface area contributed by atoms with Crippen LogP contribution in [0.4, 0.5) is 0 Å². The fraction of sp³-hybridized carbons (Fsp3) is 0.524. The molecule has 0 saturated carbocycles. The van der Waals surface area contributed by atoms with Crippen LogP contribution in [0.25, 0.3) is 0 Å². The van der Waals surface area contributed by atoms with Crippen LogP contribution in [0.2, 0.25) is 0 Å². The number of carbonyl (C=O) groups is 1. The SMILES string of the molecule is O=C(c1cnccn1)N1CCC2(CC1)OCC[C@H]2CCOCc1ccccn1. The average molecular weight is 382 g/mol. The van der Waals surface area contributed by atoms with Crippen molar-refractivity contribution >= 4 is 5.91 Å². The molecule has 0 N–H and O–H groups in total. The molecule has 2 aromatic heterocycles. The van der Waals surface area contributed by atoms with Gasteiger partial charge in [0.05, 0.1) is 24.1 Å². The first-order chi connectivity index (χ1) is 13.8. The van der Waals surface area contributed by atoms with Gasteiger partial charge in [0.25, 0.3) is 5.91 Å². The Bertz CT molecular complexity index is 764. The molecule has 2 aliphatic heterocycles. The van der Waals surface area contributed by atoms with Crippen molar-refractivity contribution < 1.29 is 14.3 Å². The normalized spacial score (nSPS) is 21.1. The second-order valence-electron chi connectivity index (χ2n) is 7.44. The molecule has 0 bridgehead atoms. The Labute approximate surface area is 165 Å². The molecular weight excluding hydrogens is 356 g/mol. The lowest BCUT2D eigenvalue weighted by atomic mass is 9.78. The summed E-state index contributed by atoms with van der Waals surface area (Å²) < 4.78 is 12.0. The average Bonchev–Trinajstić information content (AvgIpc) is 3.14. The Morgan fingerprint density at radius 1 is 1.21 bits per heavy atom. The van der Waals surface area contributed by atoms with E-state index in [-0.39, 0.29) is 11.5 Å². The zero-order valence-corrected chi connectivity index (χ0v) is 16.0. The summed E-state index contributed by atoms with van der Waals surface area (Å²) in [5.41, 5.74) is 1.24. The van der Waals surface area contributed by atoms with E-state index >= 15 is 0 Å². The monoisotopic (exact) mass is 382 g/mol. The highest BCUT2D eigenvalue weighted by Crippen LogP contribution is 2.42. The standard InChI is InChI=1S/C21H26N4O3/c26-20(19-15-22-9-10-24-19)25-11-6-21(7-12-25)17(5-14-28-21)4-13-27-16-18-3-1-2-8-23-18/h1-3,8-10,15,17H,4-7,11-14,16H2/t17-/m1/s1. The van der Waals surface area contributed by atoms with Gasteiger partial charge in [0, 0.05) is 44.9 Å². The second kappa shape index (κ2) is 8.75. The van der Waals surface area contributed by atoms with Crippen LogP contribution in [-0.4, -0.2) is 57.7 Å². The lowest BCUT2D eigenvalue weighted by molar-refractivity contribution is -0.0676. The molecule has 0 aliphatic carbocycles. The quantitative estimate of drug-likeness (QED) is 0.715. The van der Waals surface area contributed by atoms with Gasteiger partial charge < -0.3 is 14.4 Å². The van der Waals surface area contributed by atoms with Gasteiger partial charge in [-0.05, 0) is 43.7 Å². The highest BCUT2D eigenvalue weighted by Gasteiger charge is 2.46. The minimum Gasteiger partial charge on any atom is -0.375 e. The molecule has 148 valence electrons. The molecular formula is C21H26N4O3. The number of amides is 1. The van der Waals surface area contributed by atoms with Crippen molar-refractivity contribution in [3.8, 4) is 0 Å². The van der Waals surface area contributed by atoms with E-state index in [2.05, 4.69) is 15.0 Å². The molecule has 2 fully saturated rings. The molecule has 1 spiro atoms. The van der Waals surface area contributed by atoms with Crippen molar-refractivity contribution in [2.24, 2.45) is 5.92 Å². The number of rotatable bonds is 6. The minimum absolute atomic E-state index is 0.0452. The van der Waals surface area contributed by atoms with Crippen molar-refractivity contribution in [2.45, 2.75) is 37.9 Å². The summed E-state index contributed by atoms with van der Waals surface area (Å²) in [4.78, 5) is 26.9. The second-order valence-corrected chi connectivity index (χ2v) is 7.44. The molecule has 28 heavy (non-hydrogen) atoms. The maximum atomic E-state index is 12.6. The highest BCUT2D eigenvalue weighted by molar-refractivity contribution is 5.92. The first-order valence-electron chi connectivity index (χ1n) is 9.94. The van der Waals surface area contributed by atoms with Gasteiger partial charge in [-0.1, -0.05) is 6.07 Å². The van der Waals surface area contributed by atoms with Crippen LogP contribution >= 0.6 is 0 Å². The van der Waals surface area contributed by atoms with Crippen LogP contribution in [0.1, 0.15) is 41.9 Å². The number of likely N-dealkylation sites (tertiary alicyclic amines) is 1. The van der Waals surface area contributed by atoms with Crippen molar-refractivity contribution in [3.05, 3.63) is 54.4 Å². The van der Waals surface area contributed by atoms with Gasteiger partial charge in [0.2, 0.25) is 0 Å². The fourth-order valence-corrected chi connectivity index (χ4v) is 4.29. The van der Waals surface area contributed by atoms with Gasteiger partial charge in [-0.2, -0.15) is 0 Å². The molecule has 4 heterocycles. The van der Waals surface area contributed by atoms with E-state index in [4.69, 9.17) is 9.47 Å². The number of piperidine rings is 1. The van der Waals surface area contributed by atoms with Gasteiger partial charge in [-0.25, -0.2) is 4.98 Å². The van der Waals surface area contributed by atoms with E-state index in [0.29, 0.717) is 37.9 Å². The van der Waals surface area contributed by atoms with E-state index in [1.807, 2.05) is 23.1 Å². The predicted molar refractivity (Wildman–Crippen MR) is 102 cm³/mol. The number of pyridine rings is 1. The maximum absolute atomic E-state index is 12.6. The molecule has 2 aliphatic rings. The predicted octanol–water partition coefficient (Wildman–Crippen LogP) is 2.49. The lowest BCUT2D eigenvalue weighted by Crippen LogP contribution is -2.49. The molecule has 1 atom stereocenters. The summed E-state index contributed by atoms with van der Waals surface area (Å²) in [6.45, 7) is 3.43. The summed E-state index contributed by atoms with van der Waals surface area (Å²) in [5, 5.41) is 0. The Balaban J connectivity index is 1.27. The lowest BCUT2D eigenvalue weighted by Gasteiger charge is -2.42. The van der Waals surface area contributed by atoms with Gasteiger partial charge in [0.1, 0.15) is 5.69 Å². The van der Waals surface area contributed by atoms with Crippen molar-refractivity contribution in [1.82, 2.24) is 19.9 Å². The number of aromatic nitrogens is 3. The summed E-state index contributed by atoms with van der Waals surface area (Å²) in [5.74, 6) is 0.432. The summed E-state index contributed by atoms with van der Waals surface area (Å²) >= 11 is 0. The molecule has 2 saturated heterocycles. The molecule has 4 rings (SSSR count). The van der Waals surface area contributed by atoms with Crippen LogP contribution in [0, 0.1) is 5.92 Å². The zero-order chi connectivity index (χ0) is 19.2. The van der Waals surface area contributed by atoms with Gasteiger partial charge in [0.15, 0.2) is 0 Å². The maximum Gasteiger partial charge on any atom is 0.274 e. The highest BCUT2D eigenvalue weighted by atomic mass is 16.5. The van der Waals surface area contributed by atoms with Crippen LogP contribution in [0.3, 0.4) is 0 Å². The summed E-state index contributed by atoms with van der Waals surface area (Å²) in [7, 11) is 0. The number of nitrogens with zero attached hydrogens (tertiary/aromatic N) is 4. The Kier molecular flexibility index (Phi) is 5.92.